The van der Waals surface area contributed by atoms with Crippen LogP contribution >= 0.6 is 23.2 Å². The number of fused-ring (bicyclic) bond motifs is 1. The third-order valence-electron chi connectivity index (χ3n) is 14.4. The molecule has 5 heterocycles. The van der Waals surface area contributed by atoms with E-state index >= 15 is 0 Å². The van der Waals surface area contributed by atoms with Crippen LogP contribution in [0, 0.1) is 19.3 Å². The van der Waals surface area contributed by atoms with Crippen molar-refractivity contribution in [2.75, 3.05) is 39.3 Å². The first-order valence-electron chi connectivity index (χ1n) is 28.6. The number of carboxylic acids is 1. The van der Waals surface area contributed by atoms with Gasteiger partial charge in [-0.3, -0.25) is 14.4 Å². The Kier molecular flexibility index (Phi) is 22.6. The van der Waals surface area contributed by atoms with Crippen LogP contribution in [0.5, 0.6) is 17.5 Å². The van der Waals surface area contributed by atoms with Crippen LogP contribution in [0.1, 0.15) is 109 Å². The lowest BCUT2D eigenvalue weighted by Crippen LogP contribution is -2.29. The molecular weight excluding hydrogens is 1210 g/mol. The Morgan fingerprint density at radius 2 is 1.40 bits per heavy atom. The first-order chi connectivity index (χ1) is 42.3. The number of oxime groups is 2. The van der Waals surface area contributed by atoms with Gasteiger partial charge in [0.15, 0.2) is 33.5 Å². The number of carbonyl (C=O) groups excluding carboxylic acids is 3. The van der Waals surface area contributed by atoms with Crippen molar-refractivity contribution in [2.45, 2.75) is 105 Å². The average Bonchev–Trinajstić information content (AvgIpc) is 1.78. The number of carbonyl (C=O) groups is 4. The smallest absolute Gasteiger partial charge is 0.356 e. The summed E-state index contributed by atoms with van der Waals surface area (Å²) in [5.41, 5.74) is 7.12. The molecule has 3 aliphatic rings. The highest BCUT2D eigenvalue weighted by atomic mass is 35.5. The van der Waals surface area contributed by atoms with E-state index in [9.17, 15) is 37.5 Å². The van der Waals surface area contributed by atoms with Crippen molar-refractivity contribution in [1.82, 2.24) is 19.1 Å². The van der Waals surface area contributed by atoms with Gasteiger partial charge in [0.05, 0.1) is 66.6 Å². The van der Waals surface area contributed by atoms with Crippen LogP contribution in [0.15, 0.2) is 129 Å². The highest BCUT2D eigenvalue weighted by molar-refractivity contribution is 7.90. The Labute approximate surface area is 526 Å². The normalized spacial score (nSPS) is 14.0. The zero-order chi connectivity index (χ0) is 65.0. The van der Waals surface area contributed by atoms with Gasteiger partial charge in [0, 0.05) is 47.0 Å². The SMILES string of the molecule is CCOC(=O)C1=NOC(c2ccccc2)(c2ccccc2)C1.CCc1cc(C)cc(CC)c1-c1c(OC(=O)C(C)(C)C)n2n(c1=O)CCOCC2.Cc1c(C(=O)c2cnn(C)c2O)ccc(S(C)(=O)=O)c1C1=NOCC1.O=C(O)COc1ccc(Cl)cc1Cl. The third-order valence-corrected chi connectivity index (χ3v) is 16.1. The van der Waals surface area contributed by atoms with Gasteiger partial charge in [0.25, 0.3) is 5.56 Å². The maximum absolute atomic E-state index is 13.5. The van der Waals surface area contributed by atoms with Crippen molar-refractivity contribution in [1.29, 1.82) is 0 Å². The van der Waals surface area contributed by atoms with E-state index in [1.807, 2.05) is 81.4 Å². The van der Waals surface area contributed by atoms with Crippen molar-refractivity contribution in [3.8, 4) is 28.6 Å². The first-order valence-corrected chi connectivity index (χ1v) is 31.3. The predicted octanol–water partition coefficient (Wildman–Crippen LogP) is 10.7. The van der Waals surface area contributed by atoms with Gasteiger partial charge in [0.2, 0.25) is 11.8 Å². The third kappa shape index (κ3) is 16.0. The van der Waals surface area contributed by atoms with E-state index in [1.54, 1.807) is 29.3 Å². The molecule has 3 aliphatic heterocycles. The summed E-state index contributed by atoms with van der Waals surface area (Å²) >= 11 is 11.3. The molecule has 0 unspecified atom stereocenters. The Hall–Kier alpha value is -8.57. The molecule has 2 aromatic heterocycles. The fraction of sp³-hybridized carbons (Fsp3) is 0.354. The van der Waals surface area contributed by atoms with Crippen LogP contribution in [0.3, 0.4) is 0 Å². The Balaban J connectivity index is 0.000000174. The van der Waals surface area contributed by atoms with E-state index in [4.69, 9.17) is 56.9 Å². The summed E-state index contributed by atoms with van der Waals surface area (Å²) in [5.74, 6) is -1.86. The number of esters is 2. The molecule has 21 nitrogen and oxygen atoms in total. The van der Waals surface area contributed by atoms with Crippen molar-refractivity contribution in [2.24, 2.45) is 22.8 Å². The zero-order valence-corrected chi connectivity index (χ0v) is 53.5. The van der Waals surface area contributed by atoms with Gasteiger partial charge in [-0.25, -0.2) is 32.1 Å². The lowest BCUT2D eigenvalue weighted by molar-refractivity contribution is -0.143. The zero-order valence-electron chi connectivity index (χ0n) is 51.2. The molecule has 24 heteroatoms. The number of aliphatic carboxylic acids is 1. The fourth-order valence-electron chi connectivity index (χ4n) is 10.00. The first kappa shape index (κ1) is 67.9. The number of aromatic hydroxyl groups is 1. The number of hydrogen-bond donors (Lipinski definition) is 2. The summed E-state index contributed by atoms with van der Waals surface area (Å²) < 4.78 is 50.3. The van der Waals surface area contributed by atoms with Crippen molar-refractivity contribution >= 4 is 68.2 Å². The summed E-state index contributed by atoms with van der Waals surface area (Å²) in [6.45, 7) is 17.2. The molecule has 0 radical (unpaired) electrons. The molecule has 2 N–H and O–H groups in total. The molecule has 0 bridgehead atoms. The van der Waals surface area contributed by atoms with Gasteiger partial charge in [0.1, 0.15) is 23.5 Å². The fourth-order valence-corrected chi connectivity index (χ4v) is 11.4. The van der Waals surface area contributed by atoms with Crippen molar-refractivity contribution in [3.05, 3.63) is 180 Å². The molecule has 7 aromatic rings. The second kappa shape index (κ2) is 29.6. The summed E-state index contributed by atoms with van der Waals surface area (Å²) in [6.07, 6.45) is 4.79. The summed E-state index contributed by atoms with van der Waals surface area (Å²) in [7, 11) is -2.00. The minimum Gasteiger partial charge on any atom is -0.493 e. The van der Waals surface area contributed by atoms with E-state index in [1.165, 1.54) is 47.8 Å². The predicted molar refractivity (Wildman–Crippen MR) is 336 cm³/mol. The van der Waals surface area contributed by atoms with Crippen molar-refractivity contribution < 1.29 is 66.4 Å². The maximum atomic E-state index is 13.5. The molecular formula is C65H72Cl2N6O15S. The van der Waals surface area contributed by atoms with Gasteiger partial charge in [-0.2, -0.15) is 5.10 Å². The number of hydrogen-bond acceptors (Lipinski definition) is 17. The van der Waals surface area contributed by atoms with Gasteiger partial charge in [-0.1, -0.05) is 126 Å². The Bertz CT molecular complexity index is 3920. The molecule has 89 heavy (non-hydrogen) atoms. The molecule has 0 saturated carbocycles. The second-order valence-electron chi connectivity index (χ2n) is 21.8. The van der Waals surface area contributed by atoms with Crippen LogP contribution in [0.25, 0.3) is 11.1 Å². The second-order valence-corrected chi connectivity index (χ2v) is 24.7. The summed E-state index contributed by atoms with van der Waals surface area (Å²) in [6, 6.07) is 31.3. The van der Waals surface area contributed by atoms with E-state index in [0.717, 1.165) is 46.9 Å². The minimum absolute atomic E-state index is 0.0493. The minimum atomic E-state index is -3.52. The molecule has 472 valence electrons. The topological polar surface area (TPSA) is 268 Å². The quantitative estimate of drug-likeness (QED) is 0.0713. The van der Waals surface area contributed by atoms with E-state index < -0.39 is 45.2 Å². The molecule has 0 spiro atoms. The van der Waals surface area contributed by atoms with Crippen molar-refractivity contribution in [3.63, 3.8) is 0 Å². The Morgan fingerprint density at radius 3 is 1.92 bits per heavy atom. The number of ketones is 1. The van der Waals surface area contributed by atoms with E-state index in [-0.39, 0.29) is 33.4 Å². The number of nitrogens with zero attached hydrogens (tertiary/aromatic N) is 6. The number of halogens is 2. The number of aromatic nitrogens is 4. The molecule has 0 amide bonds. The Morgan fingerprint density at radius 1 is 0.787 bits per heavy atom. The number of rotatable bonds is 15. The molecule has 0 atom stereocenters. The average molecular weight is 1280 g/mol. The molecule has 0 fully saturated rings. The van der Waals surface area contributed by atoms with Gasteiger partial charge < -0.3 is 38.8 Å². The van der Waals surface area contributed by atoms with Crippen LogP contribution in [0.4, 0.5) is 0 Å². The summed E-state index contributed by atoms with van der Waals surface area (Å²) in [5, 5.41) is 30.8. The number of aryl methyl sites for hydroxylation is 4. The highest BCUT2D eigenvalue weighted by Gasteiger charge is 2.45. The number of ether oxygens (including phenoxy) is 4. The lowest BCUT2D eigenvalue weighted by atomic mass is 9.82. The number of benzene rings is 5. The van der Waals surface area contributed by atoms with Crippen LogP contribution in [-0.2, 0) is 81.9 Å². The molecule has 0 aliphatic carbocycles. The standard InChI is InChI=1S/C23H32N2O4.C18H17NO3.C16H17N3O5S.C8H6Cl2O3/c1-7-16-13-15(3)14-17(8-2)18(16)19-20(26)24-9-11-28-12-10-25(24)21(19)29-22(27)23(4,5)6;1-2-21-17(20)16-13-18(22-19-16,14-9-5-3-6-10-14)15-11-7-4-8-12-15;1-9-10(15(20)11-8-17-19(2)16(11)21)4-5-13(25(3,22)23)14(9)12-6-7-24-18-12;9-5-1-2-7(6(10)3-5)13-4-8(11)12/h13-14H,7-12H2,1-6H3;3-12H,2,13H2,1H3;4-5,8,21H,6-7H2,1-3H3;1-3H,4H2,(H,11,12). The largest absolute Gasteiger partial charge is 0.493 e. The lowest BCUT2D eigenvalue weighted by Gasteiger charge is -2.27. The number of carboxylic acid groups (broad SMARTS) is 1. The van der Waals surface area contributed by atoms with Gasteiger partial charge in [-0.05, 0) is 107 Å². The van der Waals surface area contributed by atoms with Gasteiger partial charge >= 0.3 is 17.9 Å². The molecule has 0 saturated heterocycles. The summed E-state index contributed by atoms with van der Waals surface area (Å²) in [4.78, 5) is 72.1. The van der Waals surface area contributed by atoms with Crippen LogP contribution in [0.2, 0.25) is 10.0 Å². The molecule has 10 rings (SSSR count). The monoisotopic (exact) mass is 1280 g/mol. The molecule has 5 aromatic carbocycles. The van der Waals surface area contributed by atoms with Gasteiger partial charge in [-0.15, -0.1) is 0 Å². The van der Waals surface area contributed by atoms with Crippen LogP contribution in [-0.4, -0.2) is 112 Å². The maximum Gasteiger partial charge on any atom is 0.356 e. The van der Waals surface area contributed by atoms with E-state index in [2.05, 4.69) is 48.3 Å². The van der Waals surface area contributed by atoms with E-state index in [0.29, 0.717) is 102 Å². The number of sulfone groups is 1. The van der Waals surface area contributed by atoms with Crippen LogP contribution < -0.4 is 15.0 Å². The highest BCUT2D eigenvalue weighted by Crippen LogP contribution is 2.42.